The number of ether oxygens (including phenoxy) is 2. The third-order valence-corrected chi connectivity index (χ3v) is 3.96. The van der Waals surface area contributed by atoms with Crippen LogP contribution in [0.3, 0.4) is 0 Å². The van der Waals surface area contributed by atoms with Crippen molar-refractivity contribution in [3.63, 3.8) is 0 Å². The molecule has 1 aliphatic rings. The maximum absolute atomic E-state index is 11.3. The van der Waals surface area contributed by atoms with Crippen molar-refractivity contribution in [3.8, 4) is 0 Å². The van der Waals surface area contributed by atoms with Gasteiger partial charge in [-0.25, -0.2) is 4.79 Å². The standard InChI is InChI=1S/C16H23NO3/c1-16(7-9-20-10-8-16)12-17-11-13-3-5-14(6-4-13)15(18)19-2/h3-6,17H,7-12H2,1-2H3. The zero-order valence-corrected chi connectivity index (χ0v) is 12.3. The highest BCUT2D eigenvalue weighted by Crippen LogP contribution is 2.28. The molecule has 1 saturated heterocycles. The van der Waals surface area contributed by atoms with Gasteiger partial charge in [0.25, 0.3) is 0 Å². The van der Waals surface area contributed by atoms with Gasteiger partial charge in [0.1, 0.15) is 0 Å². The molecular formula is C16H23NO3. The first-order chi connectivity index (χ1) is 9.63. The fourth-order valence-corrected chi connectivity index (χ4v) is 2.43. The zero-order valence-electron chi connectivity index (χ0n) is 12.3. The van der Waals surface area contributed by atoms with Crippen LogP contribution in [0.25, 0.3) is 0 Å². The Kier molecular flexibility index (Phi) is 5.15. The van der Waals surface area contributed by atoms with Crippen LogP contribution in [0.5, 0.6) is 0 Å². The molecule has 1 N–H and O–H groups in total. The third-order valence-electron chi connectivity index (χ3n) is 3.96. The van der Waals surface area contributed by atoms with Gasteiger partial charge >= 0.3 is 5.97 Å². The normalized spacial score (nSPS) is 17.7. The van der Waals surface area contributed by atoms with Crippen molar-refractivity contribution < 1.29 is 14.3 Å². The van der Waals surface area contributed by atoms with Gasteiger partial charge in [-0.15, -0.1) is 0 Å². The molecule has 1 heterocycles. The monoisotopic (exact) mass is 277 g/mol. The Morgan fingerprint density at radius 3 is 2.55 bits per heavy atom. The van der Waals surface area contributed by atoms with Crippen molar-refractivity contribution in [1.29, 1.82) is 0 Å². The van der Waals surface area contributed by atoms with Crippen molar-refractivity contribution >= 4 is 5.97 Å². The molecule has 20 heavy (non-hydrogen) atoms. The van der Waals surface area contributed by atoms with Gasteiger partial charge in [0.2, 0.25) is 0 Å². The van der Waals surface area contributed by atoms with Gasteiger partial charge in [-0.2, -0.15) is 0 Å². The highest BCUT2D eigenvalue weighted by Gasteiger charge is 2.26. The minimum absolute atomic E-state index is 0.292. The first kappa shape index (κ1) is 15.0. The predicted molar refractivity (Wildman–Crippen MR) is 77.6 cm³/mol. The van der Waals surface area contributed by atoms with E-state index in [1.54, 1.807) is 12.1 Å². The number of carbonyl (C=O) groups is 1. The minimum Gasteiger partial charge on any atom is -0.465 e. The average molecular weight is 277 g/mol. The second kappa shape index (κ2) is 6.86. The molecule has 1 aromatic rings. The van der Waals surface area contributed by atoms with E-state index in [2.05, 4.69) is 17.0 Å². The summed E-state index contributed by atoms with van der Waals surface area (Å²) >= 11 is 0. The summed E-state index contributed by atoms with van der Waals surface area (Å²) in [7, 11) is 1.40. The van der Waals surface area contributed by atoms with E-state index in [1.807, 2.05) is 12.1 Å². The van der Waals surface area contributed by atoms with Crippen molar-refractivity contribution in [1.82, 2.24) is 5.32 Å². The molecule has 0 amide bonds. The Morgan fingerprint density at radius 1 is 1.30 bits per heavy atom. The van der Waals surface area contributed by atoms with Crippen LogP contribution >= 0.6 is 0 Å². The molecule has 1 aromatic carbocycles. The lowest BCUT2D eigenvalue weighted by Crippen LogP contribution is -2.36. The molecule has 4 heteroatoms. The van der Waals surface area contributed by atoms with Gasteiger partial charge in [0, 0.05) is 26.3 Å². The molecule has 0 unspecified atom stereocenters. The number of rotatable bonds is 5. The second-order valence-corrected chi connectivity index (χ2v) is 5.72. The summed E-state index contributed by atoms with van der Waals surface area (Å²) < 4.78 is 10.1. The number of hydrogen-bond donors (Lipinski definition) is 1. The smallest absolute Gasteiger partial charge is 0.337 e. The van der Waals surface area contributed by atoms with Gasteiger partial charge < -0.3 is 14.8 Å². The van der Waals surface area contributed by atoms with Crippen molar-refractivity contribution in [2.75, 3.05) is 26.9 Å². The number of methoxy groups -OCH3 is 1. The molecule has 110 valence electrons. The van der Waals surface area contributed by atoms with Crippen LogP contribution in [0.4, 0.5) is 0 Å². The minimum atomic E-state index is -0.292. The molecule has 0 saturated carbocycles. The Bertz CT molecular complexity index is 436. The van der Waals surface area contributed by atoms with Gasteiger partial charge in [-0.3, -0.25) is 0 Å². The topological polar surface area (TPSA) is 47.6 Å². The van der Waals surface area contributed by atoms with Crippen LogP contribution in [0.2, 0.25) is 0 Å². The maximum Gasteiger partial charge on any atom is 0.337 e. The SMILES string of the molecule is COC(=O)c1ccc(CNCC2(C)CCOCC2)cc1. The number of nitrogens with one attached hydrogen (secondary N) is 1. The van der Waals surface area contributed by atoms with Crippen molar-refractivity contribution in [3.05, 3.63) is 35.4 Å². The number of benzene rings is 1. The molecular weight excluding hydrogens is 254 g/mol. The van der Waals surface area contributed by atoms with E-state index in [0.29, 0.717) is 11.0 Å². The maximum atomic E-state index is 11.3. The summed E-state index contributed by atoms with van der Waals surface area (Å²) in [5.74, 6) is -0.292. The first-order valence-corrected chi connectivity index (χ1v) is 7.09. The van der Waals surface area contributed by atoms with E-state index in [4.69, 9.17) is 4.74 Å². The van der Waals surface area contributed by atoms with Crippen LogP contribution < -0.4 is 5.32 Å². The van der Waals surface area contributed by atoms with E-state index < -0.39 is 0 Å². The molecule has 0 radical (unpaired) electrons. The summed E-state index contributed by atoms with van der Waals surface area (Å²) in [6.07, 6.45) is 2.22. The average Bonchev–Trinajstić information content (AvgIpc) is 2.48. The number of carbonyl (C=O) groups excluding carboxylic acids is 1. The summed E-state index contributed by atoms with van der Waals surface area (Å²) in [6.45, 7) is 5.86. The quantitative estimate of drug-likeness (QED) is 0.839. The summed E-state index contributed by atoms with van der Waals surface area (Å²) in [6, 6.07) is 7.54. The van der Waals surface area contributed by atoms with Crippen molar-refractivity contribution in [2.45, 2.75) is 26.3 Å². The first-order valence-electron chi connectivity index (χ1n) is 7.09. The molecule has 0 aromatic heterocycles. The van der Waals surface area contributed by atoms with Crippen LogP contribution in [-0.4, -0.2) is 32.8 Å². The third kappa shape index (κ3) is 4.05. The Balaban J connectivity index is 1.80. The van der Waals surface area contributed by atoms with Crippen LogP contribution in [0.15, 0.2) is 24.3 Å². The van der Waals surface area contributed by atoms with Crippen LogP contribution in [0.1, 0.15) is 35.7 Å². The number of esters is 1. The van der Waals surface area contributed by atoms with E-state index in [-0.39, 0.29) is 5.97 Å². The fraction of sp³-hybridized carbons (Fsp3) is 0.562. The zero-order chi connectivity index (χ0) is 14.4. The van der Waals surface area contributed by atoms with Gasteiger partial charge in [0.05, 0.1) is 12.7 Å². The summed E-state index contributed by atoms with van der Waals surface area (Å²) in [4.78, 5) is 11.3. The van der Waals surface area contributed by atoms with E-state index in [9.17, 15) is 4.79 Å². The second-order valence-electron chi connectivity index (χ2n) is 5.72. The van der Waals surface area contributed by atoms with E-state index in [0.717, 1.165) is 39.1 Å². The Morgan fingerprint density at radius 2 is 1.95 bits per heavy atom. The van der Waals surface area contributed by atoms with E-state index in [1.165, 1.54) is 12.7 Å². The lowest BCUT2D eigenvalue weighted by molar-refractivity contribution is 0.0240. The van der Waals surface area contributed by atoms with Crippen molar-refractivity contribution in [2.24, 2.45) is 5.41 Å². The van der Waals surface area contributed by atoms with Gasteiger partial charge in [0.15, 0.2) is 0 Å². The molecule has 1 aliphatic heterocycles. The summed E-state index contributed by atoms with van der Waals surface area (Å²) in [5.41, 5.74) is 2.10. The molecule has 0 aliphatic carbocycles. The molecule has 4 nitrogen and oxygen atoms in total. The lowest BCUT2D eigenvalue weighted by Gasteiger charge is -2.33. The molecule has 2 rings (SSSR count). The molecule has 0 bridgehead atoms. The van der Waals surface area contributed by atoms with Gasteiger partial charge in [-0.05, 0) is 36.0 Å². The Hall–Kier alpha value is -1.39. The van der Waals surface area contributed by atoms with Crippen LogP contribution in [-0.2, 0) is 16.0 Å². The number of hydrogen-bond acceptors (Lipinski definition) is 4. The highest BCUT2D eigenvalue weighted by molar-refractivity contribution is 5.89. The van der Waals surface area contributed by atoms with Crippen LogP contribution in [0, 0.1) is 5.41 Å². The largest absolute Gasteiger partial charge is 0.465 e. The van der Waals surface area contributed by atoms with E-state index >= 15 is 0 Å². The highest BCUT2D eigenvalue weighted by atomic mass is 16.5. The predicted octanol–water partition coefficient (Wildman–Crippen LogP) is 2.38. The molecule has 0 atom stereocenters. The summed E-state index contributed by atoms with van der Waals surface area (Å²) in [5, 5.41) is 3.50. The Labute approximate surface area is 120 Å². The molecule has 1 fully saturated rings. The van der Waals surface area contributed by atoms with Gasteiger partial charge in [-0.1, -0.05) is 19.1 Å². The fourth-order valence-electron chi connectivity index (χ4n) is 2.43. The molecule has 0 spiro atoms. The lowest BCUT2D eigenvalue weighted by atomic mass is 9.82.